The number of nitrogens with one attached hydrogen (secondary N) is 1. The van der Waals surface area contributed by atoms with E-state index in [0.29, 0.717) is 18.6 Å². The number of carbonyl (C=O) groups is 3. The van der Waals surface area contributed by atoms with Gasteiger partial charge in [0.2, 0.25) is 0 Å². The molecule has 0 aromatic heterocycles. The number of urea groups is 1. The second-order valence-electron chi connectivity index (χ2n) is 6.35. The van der Waals surface area contributed by atoms with Crippen molar-refractivity contribution >= 4 is 17.9 Å². The Morgan fingerprint density at radius 2 is 1.80 bits per heavy atom. The van der Waals surface area contributed by atoms with Crippen molar-refractivity contribution in [3.05, 3.63) is 30.3 Å². The van der Waals surface area contributed by atoms with Crippen LogP contribution < -0.4 is 10.1 Å². The van der Waals surface area contributed by atoms with Crippen LogP contribution in [-0.4, -0.2) is 48.1 Å². The standard InChI is InChI=1S/C18H22N2O5/c21-15(25-12-11-24-14-7-3-1-4-8-14)13-20-16(22)18(19-17(20)23)9-5-2-6-10-18/h1,3-4,7-8H,2,5-6,9-13H2,(H,19,23). The first-order valence-corrected chi connectivity index (χ1v) is 8.58. The van der Waals surface area contributed by atoms with Crippen molar-refractivity contribution < 1.29 is 23.9 Å². The summed E-state index contributed by atoms with van der Waals surface area (Å²) >= 11 is 0. The maximum atomic E-state index is 12.6. The van der Waals surface area contributed by atoms with E-state index in [1.807, 2.05) is 18.2 Å². The predicted molar refractivity (Wildman–Crippen MR) is 89.0 cm³/mol. The Kier molecular flexibility index (Phi) is 5.21. The van der Waals surface area contributed by atoms with Crippen molar-refractivity contribution in [1.82, 2.24) is 10.2 Å². The van der Waals surface area contributed by atoms with Gasteiger partial charge in [0.1, 0.15) is 31.0 Å². The number of para-hydroxylation sites is 1. The highest BCUT2D eigenvalue weighted by Crippen LogP contribution is 2.33. The van der Waals surface area contributed by atoms with Gasteiger partial charge in [-0.3, -0.25) is 14.5 Å². The van der Waals surface area contributed by atoms with Crippen LogP contribution in [0.4, 0.5) is 4.79 Å². The zero-order valence-corrected chi connectivity index (χ0v) is 14.0. The number of ether oxygens (including phenoxy) is 2. The first-order chi connectivity index (χ1) is 12.1. The summed E-state index contributed by atoms with van der Waals surface area (Å²) in [5.74, 6) is -0.241. The van der Waals surface area contributed by atoms with E-state index in [2.05, 4.69) is 5.32 Å². The van der Waals surface area contributed by atoms with Crippen LogP contribution in [0.5, 0.6) is 5.75 Å². The molecule has 2 fully saturated rings. The third-order valence-electron chi connectivity index (χ3n) is 4.60. The molecule has 7 nitrogen and oxygen atoms in total. The molecule has 0 unspecified atom stereocenters. The maximum Gasteiger partial charge on any atom is 0.326 e. The van der Waals surface area contributed by atoms with Crippen LogP contribution in [-0.2, 0) is 14.3 Å². The number of amides is 3. The average Bonchev–Trinajstić information content (AvgIpc) is 2.84. The van der Waals surface area contributed by atoms with E-state index < -0.39 is 17.5 Å². The van der Waals surface area contributed by atoms with Crippen LogP contribution in [0.25, 0.3) is 0 Å². The van der Waals surface area contributed by atoms with Crippen molar-refractivity contribution in [3.8, 4) is 5.75 Å². The van der Waals surface area contributed by atoms with Gasteiger partial charge in [0.25, 0.3) is 5.91 Å². The molecule has 1 aromatic carbocycles. The van der Waals surface area contributed by atoms with Gasteiger partial charge in [0.15, 0.2) is 0 Å². The zero-order chi connectivity index (χ0) is 17.7. The molecule has 1 aliphatic carbocycles. The molecule has 0 bridgehead atoms. The van der Waals surface area contributed by atoms with E-state index in [0.717, 1.165) is 24.2 Å². The van der Waals surface area contributed by atoms with Gasteiger partial charge in [-0.25, -0.2) is 4.79 Å². The molecule has 3 amide bonds. The normalized spacial score (nSPS) is 19.0. The van der Waals surface area contributed by atoms with Crippen molar-refractivity contribution in [2.24, 2.45) is 0 Å². The molecule has 1 saturated heterocycles. The molecular formula is C18H22N2O5. The number of carbonyl (C=O) groups excluding carboxylic acids is 3. The smallest absolute Gasteiger partial charge is 0.326 e. The fourth-order valence-electron chi connectivity index (χ4n) is 3.32. The van der Waals surface area contributed by atoms with E-state index in [9.17, 15) is 14.4 Å². The van der Waals surface area contributed by atoms with Gasteiger partial charge in [-0.1, -0.05) is 37.5 Å². The third kappa shape index (κ3) is 3.92. The van der Waals surface area contributed by atoms with Crippen LogP contribution in [0, 0.1) is 0 Å². The molecule has 134 valence electrons. The fourth-order valence-corrected chi connectivity index (χ4v) is 3.32. The number of esters is 1. The Morgan fingerprint density at radius 3 is 2.52 bits per heavy atom. The molecule has 1 spiro atoms. The molecule has 1 aromatic rings. The molecule has 1 heterocycles. The highest BCUT2D eigenvalue weighted by atomic mass is 16.6. The van der Waals surface area contributed by atoms with E-state index in [1.165, 1.54) is 0 Å². The summed E-state index contributed by atoms with van der Waals surface area (Å²) in [5, 5.41) is 2.77. The van der Waals surface area contributed by atoms with Gasteiger partial charge in [0.05, 0.1) is 0 Å². The van der Waals surface area contributed by atoms with E-state index in [-0.39, 0.29) is 25.7 Å². The van der Waals surface area contributed by atoms with Crippen molar-refractivity contribution in [2.75, 3.05) is 19.8 Å². The lowest BCUT2D eigenvalue weighted by molar-refractivity contribution is -0.148. The molecule has 1 N–H and O–H groups in total. The molecule has 1 saturated carbocycles. The monoisotopic (exact) mass is 346 g/mol. The minimum absolute atomic E-state index is 0.0581. The molecule has 7 heteroatoms. The number of rotatable bonds is 6. The molecule has 25 heavy (non-hydrogen) atoms. The lowest BCUT2D eigenvalue weighted by Gasteiger charge is -2.30. The summed E-state index contributed by atoms with van der Waals surface area (Å²) in [7, 11) is 0. The van der Waals surface area contributed by atoms with E-state index in [4.69, 9.17) is 9.47 Å². The molecular weight excluding hydrogens is 324 g/mol. The first kappa shape index (κ1) is 17.3. The predicted octanol–water partition coefficient (Wildman–Crippen LogP) is 1.86. The van der Waals surface area contributed by atoms with Gasteiger partial charge in [-0.15, -0.1) is 0 Å². The molecule has 3 rings (SSSR count). The summed E-state index contributed by atoms with van der Waals surface area (Å²) in [4.78, 5) is 37.5. The van der Waals surface area contributed by atoms with Crippen LogP contribution >= 0.6 is 0 Å². The Morgan fingerprint density at radius 1 is 1.08 bits per heavy atom. The van der Waals surface area contributed by atoms with Gasteiger partial charge in [-0.2, -0.15) is 0 Å². The summed E-state index contributed by atoms with van der Waals surface area (Å²) in [6.07, 6.45) is 4.14. The summed E-state index contributed by atoms with van der Waals surface area (Å²) < 4.78 is 10.5. The fraction of sp³-hybridized carbons (Fsp3) is 0.500. The van der Waals surface area contributed by atoms with E-state index in [1.54, 1.807) is 12.1 Å². The summed E-state index contributed by atoms with van der Waals surface area (Å²) in [6.45, 7) is -0.0971. The van der Waals surface area contributed by atoms with Crippen molar-refractivity contribution in [2.45, 2.75) is 37.6 Å². The summed E-state index contributed by atoms with van der Waals surface area (Å²) in [5.41, 5.74) is -0.813. The van der Waals surface area contributed by atoms with Gasteiger partial charge in [0, 0.05) is 0 Å². The summed E-state index contributed by atoms with van der Waals surface area (Å²) in [6, 6.07) is 8.67. The minimum Gasteiger partial charge on any atom is -0.490 e. The Balaban J connectivity index is 1.44. The number of nitrogens with zero attached hydrogens (tertiary/aromatic N) is 1. The largest absolute Gasteiger partial charge is 0.490 e. The quantitative estimate of drug-likeness (QED) is 0.483. The maximum absolute atomic E-state index is 12.6. The Labute approximate surface area is 146 Å². The second-order valence-corrected chi connectivity index (χ2v) is 6.35. The Bertz CT molecular complexity index is 640. The highest BCUT2D eigenvalue weighted by molar-refractivity contribution is 6.08. The number of hydrogen-bond acceptors (Lipinski definition) is 5. The SMILES string of the molecule is O=C(CN1C(=O)NC2(CCCCC2)C1=O)OCCOc1ccccc1. The number of benzene rings is 1. The van der Waals surface area contributed by atoms with Crippen LogP contribution in [0.15, 0.2) is 30.3 Å². The third-order valence-corrected chi connectivity index (χ3v) is 4.60. The van der Waals surface area contributed by atoms with E-state index >= 15 is 0 Å². The first-order valence-electron chi connectivity index (χ1n) is 8.58. The van der Waals surface area contributed by atoms with Gasteiger partial charge >= 0.3 is 12.0 Å². The topological polar surface area (TPSA) is 84.9 Å². The second kappa shape index (κ2) is 7.55. The number of hydrogen-bond donors (Lipinski definition) is 1. The van der Waals surface area contributed by atoms with Crippen LogP contribution in [0.1, 0.15) is 32.1 Å². The zero-order valence-electron chi connectivity index (χ0n) is 14.0. The minimum atomic E-state index is -0.813. The van der Waals surface area contributed by atoms with Gasteiger partial charge in [-0.05, 0) is 25.0 Å². The van der Waals surface area contributed by atoms with Crippen LogP contribution in [0.3, 0.4) is 0 Å². The molecule has 0 radical (unpaired) electrons. The molecule has 0 atom stereocenters. The van der Waals surface area contributed by atoms with Crippen LogP contribution in [0.2, 0.25) is 0 Å². The van der Waals surface area contributed by atoms with Crippen molar-refractivity contribution in [1.29, 1.82) is 0 Å². The lowest BCUT2D eigenvalue weighted by Crippen LogP contribution is -2.48. The van der Waals surface area contributed by atoms with Crippen molar-refractivity contribution in [3.63, 3.8) is 0 Å². The van der Waals surface area contributed by atoms with Gasteiger partial charge < -0.3 is 14.8 Å². The highest BCUT2D eigenvalue weighted by Gasteiger charge is 2.51. The molecule has 2 aliphatic rings. The average molecular weight is 346 g/mol. The lowest BCUT2D eigenvalue weighted by atomic mass is 9.82. The Hall–Kier alpha value is -2.57. The number of imide groups is 1. The molecule has 1 aliphatic heterocycles.